The van der Waals surface area contributed by atoms with Gasteiger partial charge in [-0.15, -0.1) is 20.8 Å². The third-order valence-electron chi connectivity index (χ3n) is 0.707. The molecule has 0 aliphatic rings. The molecule has 0 rings (SSSR count). The van der Waals surface area contributed by atoms with Crippen LogP contribution in [-0.2, 0) is 19.5 Å². The Kier molecular flexibility index (Phi) is 74.0. The van der Waals surface area contributed by atoms with Crippen molar-refractivity contribution >= 4 is 0 Å². The van der Waals surface area contributed by atoms with Crippen LogP contribution >= 0.6 is 0 Å². The molecule has 0 aromatic carbocycles. The molecule has 0 nitrogen and oxygen atoms in total. The molecule has 0 atom stereocenters. The van der Waals surface area contributed by atoms with Crippen LogP contribution < -0.4 is 0 Å². The first-order valence-corrected chi connectivity index (χ1v) is 3.96. The van der Waals surface area contributed by atoms with E-state index in [0.717, 1.165) is 0 Å². The average molecular weight is 266 g/mol. The van der Waals surface area contributed by atoms with E-state index in [4.69, 9.17) is 0 Å². The predicted molar refractivity (Wildman–Crippen MR) is 60.5 cm³/mol. The van der Waals surface area contributed by atoms with E-state index in [1.165, 1.54) is 0 Å². The van der Waals surface area contributed by atoms with Gasteiger partial charge in [-0.3, -0.25) is 0 Å². The minimum atomic E-state index is 0. The van der Waals surface area contributed by atoms with Gasteiger partial charge in [0.1, 0.15) is 0 Å². The molecule has 77 valence electrons. The van der Waals surface area contributed by atoms with Gasteiger partial charge in [0, 0.05) is 0 Å². The van der Waals surface area contributed by atoms with Gasteiger partial charge in [-0.1, -0.05) is 0 Å². The van der Waals surface area contributed by atoms with Crippen molar-refractivity contribution in [1.29, 1.82) is 0 Å². The summed E-state index contributed by atoms with van der Waals surface area (Å²) in [6, 6.07) is 0. The molecule has 0 aromatic heterocycles. The summed E-state index contributed by atoms with van der Waals surface area (Å²) in [4.78, 5) is 0. The van der Waals surface area contributed by atoms with Crippen LogP contribution in [0.4, 0.5) is 0 Å². The summed E-state index contributed by atoms with van der Waals surface area (Å²) in [6.45, 7) is 16.1. The molecule has 1 heteroatoms. The van der Waals surface area contributed by atoms with Crippen LogP contribution in [0.2, 0.25) is 0 Å². The second-order valence-corrected chi connectivity index (χ2v) is 1.71. The molecule has 0 heterocycles. The molecular formula is C12H21Ru. The molecule has 0 saturated heterocycles. The fourth-order valence-corrected chi connectivity index (χ4v) is 0. The molecule has 0 bridgehead atoms. The standard InChI is InChI=1S/3C4H7.Ru/c3*1-3-4-2;/h3*3-4H,1H2,2H3;/q3*-1;+3. The van der Waals surface area contributed by atoms with Gasteiger partial charge in [-0.25, -0.2) is 57.2 Å². The van der Waals surface area contributed by atoms with Crippen LogP contribution in [0.1, 0.15) is 20.8 Å². The van der Waals surface area contributed by atoms with Crippen LogP contribution in [0.25, 0.3) is 0 Å². The van der Waals surface area contributed by atoms with Gasteiger partial charge < -0.3 is 0 Å². The minimum absolute atomic E-state index is 0. The van der Waals surface area contributed by atoms with Crippen molar-refractivity contribution in [2.45, 2.75) is 20.8 Å². The predicted octanol–water partition coefficient (Wildman–Crippen LogP) is 4.19. The largest absolute Gasteiger partial charge is 3.00 e. The van der Waals surface area contributed by atoms with Crippen molar-refractivity contribution in [3.63, 3.8) is 0 Å². The van der Waals surface area contributed by atoms with E-state index in [0.29, 0.717) is 0 Å². The molecule has 0 aliphatic heterocycles. The van der Waals surface area contributed by atoms with Gasteiger partial charge in [0.2, 0.25) is 0 Å². The molecule has 0 aromatic rings. The molecule has 0 unspecified atom stereocenters. The first kappa shape index (κ1) is 22.9. The second kappa shape index (κ2) is 42.1. The third kappa shape index (κ3) is 170. The van der Waals surface area contributed by atoms with E-state index in [2.05, 4.69) is 19.7 Å². The fourth-order valence-electron chi connectivity index (χ4n) is 0. The first-order valence-electron chi connectivity index (χ1n) is 3.96. The molecule has 13 heavy (non-hydrogen) atoms. The maximum atomic E-state index is 3.42. The summed E-state index contributed by atoms with van der Waals surface area (Å²) in [5.74, 6) is 0. The minimum Gasteiger partial charge on any atom is -0.245 e. The molecule has 0 fully saturated rings. The van der Waals surface area contributed by atoms with E-state index < -0.39 is 0 Å². The van der Waals surface area contributed by atoms with E-state index in [1.807, 2.05) is 40.0 Å². The Labute approximate surface area is 97.6 Å². The van der Waals surface area contributed by atoms with Crippen molar-refractivity contribution in [1.82, 2.24) is 0 Å². The third-order valence-corrected chi connectivity index (χ3v) is 0.707. The number of rotatable bonds is 3. The Morgan fingerprint density at radius 2 is 0.769 bits per heavy atom. The molecule has 0 N–H and O–H groups in total. The molecule has 1 radical (unpaired) electrons. The zero-order valence-electron chi connectivity index (χ0n) is 8.94. The Morgan fingerprint density at radius 1 is 0.692 bits per heavy atom. The zero-order valence-corrected chi connectivity index (χ0v) is 10.7. The van der Waals surface area contributed by atoms with Gasteiger partial charge in [0.05, 0.1) is 0 Å². The normalized spacial score (nSPS) is 4.85. The number of hydrogen-bond acceptors (Lipinski definition) is 0. The maximum Gasteiger partial charge on any atom is 3.00 e. The van der Waals surface area contributed by atoms with Gasteiger partial charge >= 0.3 is 19.5 Å². The molecule has 0 amide bonds. The first-order chi connectivity index (χ1) is 5.74. The summed E-state index contributed by atoms with van der Waals surface area (Å²) < 4.78 is 0. The molecular weight excluding hydrogens is 245 g/mol. The Bertz CT molecular complexity index is 66.1. The van der Waals surface area contributed by atoms with E-state index >= 15 is 0 Å². The summed E-state index contributed by atoms with van der Waals surface area (Å²) in [5, 5.41) is 0. The van der Waals surface area contributed by atoms with Crippen molar-refractivity contribution in [3.8, 4) is 0 Å². The quantitative estimate of drug-likeness (QED) is 0.531. The van der Waals surface area contributed by atoms with E-state index in [9.17, 15) is 0 Å². The maximum absolute atomic E-state index is 3.42. The Hall–Kier alpha value is -0.547. The number of allylic oxidation sites excluding steroid dienone is 3. The van der Waals surface area contributed by atoms with Crippen LogP contribution in [0.5, 0.6) is 0 Å². The van der Waals surface area contributed by atoms with Crippen molar-refractivity contribution < 1.29 is 19.5 Å². The van der Waals surface area contributed by atoms with Gasteiger partial charge in [-0.2, -0.15) is 0 Å². The van der Waals surface area contributed by atoms with Crippen LogP contribution in [0.15, 0.2) is 38.0 Å². The molecule has 0 spiro atoms. The van der Waals surface area contributed by atoms with Crippen LogP contribution in [-0.4, -0.2) is 0 Å². The van der Waals surface area contributed by atoms with Crippen molar-refractivity contribution in [3.05, 3.63) is 57.2 Å². The zero-order chi connectivity index (χ0) is 10.2. The molecule has 0 saturated carbocycles. The van der Waals surface area contributed by atoms with E-state index in [1.54, 1.807) is 18.2 Å². The summed E-state index contributed by atoms with van der Waals surface area (Å²) in [6.07, 6.45) is 10.9. The van der Waals surface area contributed by atoms with Crippen LogP contribution in [0, 0.1) is 19.3 Å². The monoisotopic (exact) mass is 267 g/mol. The van der Waals surface area contributed by atoms with Crippen molar-refractivity contribution in [2.75, 3.05) is 0 Å². The number of hydrogen-bond donors (Lipinski definition) is 0. The van der Waals surface area contributed by atoms with E-state index in [-0.39, 0.29) is 19.5 Å². The summed E-state index contributed by atoms with van der Waals surface area (Å²) >= 11 is 0. The smallest absolute Gasteiger partial charge is 0.245 e. The summed E-state index contributed by atoms with van der Waals surface area (Å²) in [7, 11) is 0. The van der Waals surface area contributed by atoms with Gasteiger partial charge in [-0.05, 0) is 0 Å². The second-order valence-electron chi connectivity index (χ2n) is 1.71. The topological polar surface area (TPSA) is 0 Å². The van der Waals surface area contributed by atoms with Crippen molar-refractivity contribution in [2.24, 2.45) is 0 Å². The molecule has 0 aliphatic carbocycles. The van der Waals surface area contributed by atoms with Crippen LogP contribution in [0.3, 0.4) is 0 Å². The van der Waals surface area contributed by atoms with Gasteiger partial charge in [0.25, 0.3) is 0 Å². The van der Waals surface area contributed by atoms with Gasteiger partial charge in [0.15, 0.2) is 0 Å². The SMILES string of the molecule is C=C[CH-]C.C=C[CH-]C.C=C[CH-]C.[Ru+3]. The fraction of sp³-hybridized carbons (Fsp3) is 0.250. The average Bonchev–Trinajstić information content (AvgIpc) is 2.18. The Balaban J connectivity index is -0.0000000450. The Morgan fingerprint density at radius 3 is 0.769 bits per heavy atom. The summed E-state index contributed by atoms with van der Waals surface area (Å²) in [5.41, 5.74) is 0.